The van der Waals surface area contributed by atoms with Crippen LogP contribution in [0.15, 0.2) is 30.3 Å². The Morgan fingerprint density at radius 3 is 2.82 bits per heavy atom. The standard InChI is InChI=1S/C16H23N3O3/c17-8-9-18-16(21)13-5-4-10-19(11-13)15(20)12-22-14-6-2-1-3-7-14/h1-3,6-7,13H,4-5,8-12,17H2,(H,18,21). The van der Waals surface area contributed by atoms with E-state index in [1.807, 2.05) is 30.3 Å². The predicted octanol–water partition coefficient (Wildman–Crippen LogP) is 0.379. The number of likely N-dealkylation sites (tertiary alicyclic amines) is 1. The molecule has 1 saturated heterocycles. The molecule has 6 heteroatoms. The van der Waals surface area contributed by atoms with E-state index < -0.39 is 0 Å². The van der Waals surface area contributed by atoms with Crippen LogP contribution in [0.5, 0.6) is 5.75 Å². The van der Waals surface area contributed by atoms with Gasteiger partial charge in [0.15, 0.2) is 6.61 Å². The van der Waals surface area contributed by atoms with Crippen LogP contribution in [-0.2, 0) is 9.59 Å². The van der Waals surface area contributed by atoms with E-state index in [4.69, 9.17) is 10.5 Å². The number of para-hydroxylation sites is 1. The number of rotatable bonds is 6. The fourth-order valence-corrected chi connectivity index (χ4v) is 2.51. The third-order valence-corrected chi connectivity index (χ3v) is 3.69. The van der Waals surface area contributed by atoms with Crippen molar-refractivity contribution in [2.45, 2.75) is 12.8 Å². The molecule has 0 aliphatic carbocycles. The summed E-state index contributed by atoms with van der Waals surface area (Å²) >= 11 is 0. The van der Waals surface area contributed by atoms with Gasteiger partial charge in [0.2, 0.25) is 5.91 Å². The molecule has 0 aromatic heterocycles. The van der Waals surface area contributed by atoms with E-state index in [9.17, 15) is 9.59 Å². The van der Waals surface area contributed by atoms with Crippen LogP contribution in [0.1, 0.15) is 12.8 Å². The minimum Gasteiger partial charge on any atom is -0.484 e. The van der Waals surface area contributed by atoms with Gasteiger partial charge in [-0.25, -0.2) is 0 Å². The van der Waals surface area contributed by atoms with Crippen molar-refractivity contribution in [1.29, 1.82) is 0 Å². The number of hydrogen-bond acceptors (Lipinski definition) is 4. The van der Waals surface area contributed by atoms with Gasteiger partial charge in [0, 0.05) is 26.2 Å². The van der Waals surface area contributed by atoms with Crippen molar-refractivity contribution in [3.8, 4) is 5.75 Å². The number of carbonyl (C=O) groups excluding carboxylic acids is 2. The lowest BCUT2D eigenvalue weighted by Crippen LogP contribution is -2.47. The van der Waals surface area contributed by atoms with E-state index in [1.54, 1.807) is 4.90 Å². The third-order valence-electron chi connectivity index (χ3n) is 3.69. The van der Waals surface area contributed by atoms with Crippen LogP contribution < -0.4 is 15.8 Å². The number of ether oxygens (including phenoxy) is 1. The molecule has 1 aromatic rings. The highest BCUT2D eigenvalue weighted by Gasteiger charge is 2.28. The highest BCUT2D eigenvalue weighted by molar-refractivity contribution is 5.81. The van der Waals surface area contributed by atoms with E-state index in [0.717, 1.165) is 12.8 Å². The minimum atomic E-state index is -0.152. The number of nitrogens with one attached hydrogen (secondary N) is 1. The molecule has 1 unspecified atom stereocenters. The van der Waals surface area contributed by atoms with Crippen LogP contribution in [-0.4, -0.2) is 49.5 Å². The van der Waals surface area contributed by atoms with Crippen molar-refractivity contribution >= 4 is 11.8 Å². The lowest BCUT2D eigenvalue weighted by molar-refractivity contribution is -0.137. The van der Waals surface area contributed by atoms with Crippen molar-refractivity contribution in [2.75, 3.05) is 32.8 Å². The Bertz CT molecular complexity index is 493. The van der Waals surface area contributed by atoms with Crippen LogP contribution in [0.2, 0.25) is 0 Å². The largest absolute Gasteiger partial charge is 0.484 e. The van der Waals surface area contributed by atoms with E-state index in [-0.39, 0.29) is 24.3 Å². The molecule has 2 rings (SSSR count). The quantitative estimate of drug-likeness (QED) is 0.796. The summed E-state index contributed by atoms with van der Waals surface area (Å²) in [5, 5.41) is 2.79. The van der Waals surface area contributed by atoms with Crippen LogP contribution >= 0.6 is 0 Å². The van der Waals surface area contributed by atoms with Crippen molar-refractivity contribution < 1.29 is 14.3 Å². The zero-order valence-corrected chi connectivity index (χ0v) is 12.7. The Labute approximate surface area is 130 Å². The number of piperidine rings is 1. The maximum absolute atomic E-state index is 12.2. The first-order valence-corrected chi connectivity index (χ1v) is 7.64. The van der Waals surface area contributed by atoms with Crippen LogP contribution in [0.3, 0.4) is 0 Å². The number of benzene rings is 1. The lowest BCUT2D eigenvalue weighted by Gasteiger charge is -2.32. The van der Waals surface area contributed by atoms with Crippen molar-refractivity contribution in [3.63, 3.8) is 0 Å². The molecule has 1 fully saturated rings. The van der Waals surface area contributed by atoms with Gasteiger partial charge >= 0.3 is 0 Å². The molecule has 0 bridgehead atoms. The Hall–Kier alpha value is -2.08. The topological polar surface area (TPSA) is 84.7 Å². The Balaban J connectivity index is 1.81. The van der Waals surface area contributed by atoms with E-state index in [1.165, 1.54) is 0 Å². The Morgan fingerprint density at radius 2 is 2.09 bits per heavy atom. The van der Waals surface area contributed by atoms with Gasteiger partial charge in [0.25, 0.3) is 5.91 Å². The zero-order chi connectivity index (χ0) is 15.8. The summed E-state index contributed by atoms with van der Waals surface area (Å²) in [5.74, 6) is 0.415. The van der Waals surface area contributed by atoms with E-state index in [0.29, 0.717) is 31.9 Å². The summed E-state index contributed by atoms with van der Waals surface area (Å²) < 4.78 is 5.47. The van der Waals surface area contributed by atoms with Crippen molar-refractivity contribution in [2.24, 2.45) is 11.7 Å². The molecule has 2 amide bonds. The SMILES string of the molecule is NCCNC(=O)C1CCCN(C(=O)COc2ccccc2)C1. The number of nitrogens with two attached hydrogens (primary N) is 1. The molecule has 22 heavy (non-hydrogen) atoms. The molecule has 1 aliphatic rings. The van der Waals surface area contributed by atoms with Crippen LogP contribution in [0.4, 0.5) is 0 Å². The highest BCUT2D eigenvalue weighted by atomic mass is 16.5. The van der Waals surface area contributed by atoms with Gasteiger partial charge in [-0.05, 0) is 25.0 Å². The van der Waals surface area contributed by atoms with Crippen molar-refractivity contribution in [3.05, 3.63) is 30.3 Å². The third kappa shape index (κ3) is 4.73. The van der Waals surface area contributed by atoms with Crippen LogP contribution in [0, 0.1) is 5.92 Å². The van der Waals surface area contributed by atoms with E-state index in [2.05, 4.69) is 5.32 Å². The maximum atomic E-state index is 12.2. The molecular weight excluding hydrogens is 282 g/mol. The predicted molar refractivity (Wildman–Crippen MR) is 83.3 cm³/mol. The second-order valence-corrected chi connectivity index (χ2v) is 5.36. The summed E-state index contributed by atoms with van der Waals surface area (Å²) in [7, 11) is 0. The molecule has 0 spiro atoms. The van der Waals surface area contributed by atoms with Crippen molar-refractivity contribution in [1.82, 2.24) is 10.2 Å². The molecule has 1 atom stereocenters. The van der Waals surface area contributed by atoms with Gasteiger partial charge in [-0.1, -0.05) is 18.2 Å². The number of carbonyl (C=O) groups is 2. The number of hydrogen-bond donors (Lipinski definition) is 2. The molecule has 1 aromatic carbocycles. The van der Waals surface area contributed by atoms with Gasteiger partial charge in [0.05, 0.1) is 5.92 Å². The first kappa shape index (κ1) is 16.3. The van der Waals surface area contributed by atoms with Gasteiger partial charge in [-0.2, -0.15) is 0 Å². The van der Waals surface area contributed by atoms with Crippen LogP contribution in [0.25, 0.3) is 0 Å². The summed E-state index contributed by atoms with van der Waals surface area (Å²) in [6.07, 6.45) is 1.64. The Morgan fingerprint density at radius 1 is 1.32 bits per heavy atom. The van der Waals surface area contributed by atoms with Gasteiger partial charge < -0.3 is 20.7 Å². The number of amides is 2. The molecule has 0 radical (unpaired) electrons. The average molecular weight is 305 g/mol. The molecule has 1 heterocycles. The number of nitrogens with zero attached hydrogens (tertiary/aromatic N) is 1. The molecule has 1 aliphatic heterocycles. The summed E-state index contributed by atoms with van der Waals surface area (Å²) in [6.45, 7) is 2.03. The summed E-state index contributed by atoms with van der Waals surface area (Å²) in [6, 6.07) is 9.24. The lowest BCUT2D eigenvalue weighted by atomic mass is 9.97. The Kier molecular flexibility index (Phi) is 6.21. The van der Waals surface area contributed by atoms with Gasteiger partial charge in [-0.3, -0.25) is 9.59 Å². The maximum Gasteiger partial charge on any atom is 0.260 e. The fraction of sp³-hybridized carbons (Fsp3) is 0.500. The molecule has 3 N–H and O–H groups in total. The minimum absolute atomic E-state index is 0.00114. The molecular formula is C16H23N3O3. The zero-order valence-electron chi connectivity index (χ0n) is 12.7. The summed E-state index contributed by atoms with van der Waals surface area (Å²) in [5.41, 5.74) is 5.38. The molecule has 6 nitrogen and oxygen atoms in total. The molecule has 0 saturated carbocycles. The highest BCUT2D eigenvalue weighted by Crippen LogP contribution is 2.17. The normalized spacial score (nSPS) is 17.9. The summed E-state index contributed by atoms with van der Waals surface area (Å²) in [4.78, 5) is 25.9. The first-order chi connectivity index (χ1) is 10.7. The van der Waals surface area contributed by atoms with E-state index >= 15 is 0 Å². The smallest absolute Gasteiger partial charge is 0.260 e. The monoisotopic (exact) mass is 305 g/mol. The second kappa shape index (κ2) is 8.38. The molecule has 120 valence electrons. The fourth-order valence-electron chi connectivity index (χ4n) is 2.51. The average Bonchev–Trinajstić information content (AvgIpc) is 2.58. The second-order valence-electron chi connectivity index (χ2n) is 5.36. The first-order valence-electron chi connectivity index (χ1n) is 7.64. The van der Waals surface area contributed by atoms with Gasteiger partial charge in [-0.15, -0.1) is 0 Å². The van der Waals surface area contributed by atoms with Gasteiger partial charge in [0.1, 0.15) is 5.75 Å².